The van der Waals surface area contributed by atoms with Crippen LogP contribution in [0.25, 0.3) is 66.1 Å². The van der Waals surface area contributed by atoms with Crippen LogP contribution in [0.4, 0.5) is 17.1 Å². The molecule has 0 spiro atoms. The SMILES string of the molecule is c1ccc(-c2ccc3c(c2)oc2cc(-c4ccc(N(c5ccc([Si](c6ccccc6)(c6ccccc6)c6ccccc6)cc5)c5ccc6c(c5)oc5ccccc56)cc4)ccc23)cc1. The largest absolute Gasteiger partial charge is 0.456 e. The Labute approximate surface area is 372 Å². The molecule has 0 aliphatic rings. The lowest BCUT2D eigenvalue weighted by Crippen LogP contribution is -2.74. The molecule has 302 valence electrons. The van der Waals surface area contributed by atoms with Crippen molar-refractivity contribution in [3.63, 3.8) is 0 Å². The highest BCUT2D eigenvalue weighted by Crippen LogP contribution is 2.40. The molecule has 3 nitrogen and oxygen atoms in total. The van der Waals surface area contributed by atoms with Gasteiger partial charge in [-0.15, -0.1) is 0 Å². The molecule has 0 bridgehead atoms. The Hall–Kier alpha value is -8.18. The monoisotopic (exact) mass is 835 g/mol. The van der Waals surface area contributed by atoms with E-state index in [0.717, 1.165) is 77.6 Å². The number of nitrogens with zero attached hydrogens (tertiary/aromatic N) is 1. The van der Waals surface area contributed by atoms with E-state index in [0.29, 0.717) is 0 Å². The van der Waals surface area contributed by atoms with Gasteiger partial charge < -0.3 is 13.7 Å². The molecule has 0 saturated carbocycles. The lowest BCUT2D eigenvalue weighted by atomic mass is 10.0. The summed E-state index contributed by atoms with van der Waals surface area (Å²) in [6, 6.07) is 89.8. The third-order valence-corrected chi connectivity index (χ3v) is 17.6. The Bertz CT molecular complexity index is 3490. The zero-order valence-electron chi connectivity index (χ0n) is 34.9. The number of rotatable bonds is 9. The van der Waals surface area contributed by atoms with Crippen LogP contribution in [0.2, 0.25) is 0 Å². The van der Waals surface area contributed by atoms with Crippen LogP contribution in [-0.2, 0) is 0 Å². The van der Waals surface area contributed by atoms with Crippen molar-refractivity contribution in [3.8, 4) is 22.3 Å². The van der Waals surface area contributed by atoms with E-state index in [4.69, 9.17) is 8.83 Å². The van der Waals surface area contributed by atoms with Gasteiger partial charge in [0.15, 0.2) is 8.07 Å². The Morgan fingerprint density at radius 2 is 0.609 bits per heavy atom. The van der Waals surface area contributed by atoms with Crippen molar-refractivity contribution < 1.29 is 8.83 Å². The number of fused-ring (bicyclic) bond motifs is 6. The maximum absolute atomic E-state index is 6.52. The predicted molar refractivity (Wildman–Crippen MR) is 270 cm³/mol. The van der Waals surface area contributed by atoms with Crippen molar-refractivity contribution in [2.75, 3.05) is 4.90 Å². The summed E-state index contributed by atoms with van der Waals surface area (Å²) in [5, 5.41) is 9.82. The van der Waals surface area contributed by atoms with E-state index in [1.807, 2.05) is 18.2 Å². The van der Waals surface area contributed by atoms with Gasteiger partial charge in [-0.2, -0.15) is 0 Å². The third kappa shape index (κ3) is 6.35. The van der Waals surface area contributed by atoms with Crippen LogP contribution in [-0.4, -0.2) is 8.07 Å². The van der Waals surface area contributed by atoms with Gasteiger partial charge >= 0.3 is 0 Å². The average Bonchev–Trinajstić information content (AvgIpc) is 3.93. The molecule has 0 aliphatic heterocycles. The molecule has 0 aliphatic carbocycles. The first kappa shape index (κ1) is 37.6. The summed E-state index contributed by atoms with van der Waals surface area (Å²) in [5.74, 6) is 0. The topological polar surface area (TPSA) is 29.5 Å². The maximum Gasteiger partial charge on any atom is 0.179 e. The molecule has 4 heteroatoms. The molecule has 12 aromatic rings. The molecule has 0 N–H and O–H groups in total. The Morgan fingerprint density at radius 1 is 0.250 bits per heavy atom. The number of benzene rings is 10. The Kier molecular flexibility index (Phi) is 9.17. The van der Waals surface area contributed by atoms with Crippen molar-refractivity contribution in [2.45, 2.75) is 0 Å². The zero-order chi connectivity index (χ0) is 42.5. The van der Waals surface area contributed by atoms with Crippen molar-refractivity contribution >= 4 is 89.8 Å². The summed E-state index contributed by atoms with van der Waals surface area (Å²) in [6.07, 6.45) is 0. The summed E-state index contributed by atoms with van der Waals surface area (Å²) >= 11 is 0. The molecule has 64 heavy (non-hydrogen) atoms. The lowest BCUT2D eigenvalue weighted by Gasteiger charge is -2.35. The van der Waals surface area contributed by atoms with Gasteiger partial charge in [-0.05, 0) is 110 Å². The smallest absolute Gasteiger partial charge is 0.179 e. The average molecular weight is 836 g/mol. The predicted octanol–water partition coefficient (Wildman–Crippen LogP) is 13.7. The van der Waals surface area contributed by atoms with Crippen LogP contribution in [0.3, 0.4) is 0 Å². The highest BCUT2D eigenvalue weighted by Gasteiger charge is 2.41. The first-order valence-electron chi connectivity index (χ1n) is 21.8. The van der Waals surface area contributed by atoms with E-state index in [2.05, 4.69) is 235 Å². The van der Waals surface area contributed by atoms with E-state index in [9.17, 15) is 0 Å². The third-order valence-electron chi connectivity index (χ3n) is 12.8. The van der Waals surface area contributed by atoms with Crippen molar-refractivity contribution in [1.82, 2.24) is 0 Å². The first-order chi connectivity index (χ1) is 31.7. The van der Waals surface area contributed by atoms with E-state index >= 15 is 0 Å². The van der Waals surface area contributed by atoms with Gasteiger partial charge in [-0.3, -0.25) is 0 Å². The van der Waals surface area contributed by atoms with E-state index in [1.54, 1.807) is 0 Å². The second-order valence-corrected chi connectivity index (χ2v) is 20.3. The molecule has 2 aromatic heterocycles. The molecule has 10 aromatic carbocycles. The number of hydrogen-bond acceptors (Lipinski definition) is 3. The van der Waals surface area contributed by atoms with Crippen LogP contribution in [0.5, 0.6) is 0 Å². The van der Waals surface area contributed by atoms with Gasteiger partial charge in [0.2, 0.25) is 0 Å². The minimum atomic E-state index is -2.71. The van der Waals surface area contributed by atoms with Gasteiger partial charge in [-0.25, -0.2) is 0 Å². The minimum absolute atomic E-state index is 0.857. The summed E-state index contributed by atoms with van der Waals surface area (Å²) in [6.45, 7) is 0. The van der Waals surface area contributed by atoms with Gasteiger partial charge in [0, 0.05) is 44.7 Å². The molecule has 0 fully saturated rings. The lowest BCUT2D eigenvalue weighted by molar-refractivity contribution is 0.668. The van der Waals surface area contributed by atoms with E-state index < -0.39 is 8.07 Å². The van der Waals surface area contributed by atoms with E-state index in [-0.39, 0.29) is 0 Å². The summed E-state index contributed by atoms with van der Waals surface area (Å²) in [7, 11) is -2.71. The molecular formula is C60H41NO2Si. The molecule has 12 rings (SSSR count). The van der Waals surface area contributed by atoms with Crippen LogP contribution < -0.4 is 25.6 Å². The second-order valence-electron chi connectivity index (χ2n) is 16.4. The Balaban J connectivity index is 0.965. The van der Waals surface area contributed by atoms with Crippen molar-refractivity contribution in [1.29, 1.82) is 0 Å². The number of furan rings is 2. The van der Waals surface area contributed by atoms with Gasteiger partial charge in [0.05, 0.1) is 0 Å². The Morgan fingerprint density at radius 3 is 1.16 bits per heavy atom. The summed E-state index contributed by atoms with van der Waals surface area (Å²) < 4.78 is 13.0. The normalized spacial score (nSPS) is 11.8. The van der Waals surface area contributed by atoms with Gasteiger partial charge in [-0.1, -0.05) is 176 Å². The molecule has 0 atom stereocenters. The second kappa shape index (κ2) is 15.6. The number of para-hydroxylation sites is 1. The van der Waals surface area contributed by atoms with Crippen molar-refractivity contribution in [3.05, 3.63) is 249 Å². The van der Waals surface area contributed by atoms with Crippen molar-refractivity contribution in [2.24, 2.45) is 0 Å². The fourth-order valence-corrected chi connectivity index (χ4v) is 14.5. The highest BCUT2D eigenvalue weighted by molar-refractivity contribution is 7.19. The summed E-state index contributed by atoms with van der Waals surface area (Å²) in [5.41, 5.74) is 11.2. The molecule has 0 radical (unpaired) electrons. The van der Waals surface area contributed by atoms with E-state index in [1.165, 1.54) is 26.3 Å². The zero-order valence-corrected chi connectivity index (χ0v) is 35.9. The molecular weight excluding hydrogens is 795 g/mol. The number of hydrogen-bond donors (Lipinski definition) is 0. The fourth-order valence-electron chi connectivity index (χ4n) is 9.80. The first-order valence-corrected chi connectivity index (χ1v) is 23.8. The summed E-state index contributed by atoms with van der Waals surface area (Å²) in [4.78, 5) is 2.34. The van der Waals surface area contributed by atoms with Gasteiger partial charge in [0.1, 0.15) is 22.3 Å². The highest BCUT2D eigenvalue weighted by atomic mass is 28.3. The van der Waals surface area contributed by atoms with Gasteiger partial charge in [0.25, 0.3) is 0 Å². The molecule has 0 unspecified atom stereocenters. The van der Waals surface area contributed by atoms with Crippen LogP contribution in [0, 0.1) is 0 Å². The van der Waals surface area contributed by atoms with Crippen LogP contribution >= 0.6 is 0 Å². The maximum atomic E-state index is 6.52. The molecule has 2 heterocycles. The number of anilines is 3. The van der Waals surface area contributed by atoms with Crippen LogP contribution in [0.1, 0.15) is 0 Å². The quantitative estimate of drug-likeness (QED) is 0.107. The van der Waals surface area contributed by atoms with Crippen LogP contribution in [0.15, 0.2) is 258 Å². The molecule has 0 saturated heterocycles. The fraction of sp³-hybridized carbons (Fsp3) is 0. The minimum Gasteiger partial charge on any atom is -0.456 e. The standard InChI is InChI=1S/C60H41NO2Si/c1-5-15-42(16-6-1)44-27-36-54-55-37-28-45(40-59(55)63-58(54)39-44)43-25-29-46(30-26-43)61(48-33-38-56-53-23-13-14-24-57(53)62-60(56)41-48)47-31-34-52(35-32-47)64(49-17-7-2-8-18-49,50-19-9-3-10-20-50)51-21-11-4-12-22-51/h1-41H. The molecule has 0 amide bonds.